The molecule has 8 heteroatoms. The van der Waals surface area contributed by atoms with Gasteiger partial charge in [-0.2, -0.15) is 0 Å². The molecule has 1 aliphatic heterocycles. The van der Waals surface area contributed by atoms with Gasteiger partial charge < -0.3 is 14.6 Å². The Morgan fingerprint density at radius 1 is 1.17 bits per heavy atom. The maximum absolute atomic E-state index is 13.1. The van der Waals surface area contributed by atoms with E-state index >= 15 is 0 Å². The van der Waals surface area contributed by atoms with Crippen LogP contribution in [0.3, 0.4) is 0 Å². The molecule has 1 aromatic heterocycles. The summed E-state index contributed by atoms with van der Waals surface area (Å²) in [6.45, 7) is 1.19. The predicted molar refractivity (Wildman–Crippen MR) is 111 cm³/mol. The van der Waals surface area contributed by atoms with Gasteiger partial charge in [-0.25, -0.2) is 12.8 Å². The summed E-state index contributed by atoms with van der Waals surface area (Å²) in [6.07, 6.45) is 3.48. The molecular weight excluding hydrogens is 407 g/mol. The molecule has 0 aliphatic carbocycles. The second kappa shape index (κ2) is 8.57. The highest BCUT2D eigenvalue weighted by Crippen LogP contribution is 2.28. The lowest BCUT2D eigenvalue weighted by molar-refractivity contribution is -0.122. The van der Waals surface area contributed by atoms with Crippen molar-refractivity contribution in [2.75, 3.05) is 13.2 Å². The number of fused-ring (bicyclic) bond motifs is 1. The van der Waals surface area contributed by atoms with Crippen molar-refractivity contribution >= 4 is 26.6 Å². The van der Waals surface area contributed by atoms with Gasteiger partial charge in [-0.3, -0.25) is 4.79 Å². The van der Waals surface area contributed by atoms with Crippen molar-refractivity contribution < 1.29 is 22.3 Å². The number of rotatable bonds is 7. The van der Waals surface area contributed by atoms with Crippen molar-refractivity contribution in [1.82, 2.24) is 9.88 Å². The molecule has 0 saturated carbocycles. The zero-order chi connectivity index (χ0) is 21.1. The van der Waals surface area contributed by atoms with Gasteiger partial charge in [-0.05, 0) is 36.6 Å². The largest absolute Gasteiger partial charge is 0.376 e. The van der Waals surface area contributed by atoms with E-state index in [1.165, 1.54) is 30.5 Å². The van der Waals surface area contributed by atoms with E-state index in [2.05, 4.69) is 5.32 Å². The first kappa shape index (κ1) is 20.6. The molecule has 0 spiro atoms. The van der Waals surface area contributed by atoms with Gasteiger partial charge in [0.05, 0.1) is 16.8 Å². The van der Waals surface area contributed by atoms with E-state index in [0.29, 0.717) is 23.0 Å². The van der Waals surface area contributed by atoms with Gasteiger partial charge >= 0.3 is 0 Å². The molecule has 158 valence electrons. The van der Waals surface area contributed by atoms with Crippen LogP contribution < -0.4 is 5.32 Å². The minimum absolute atomic E-state index is 0.0132. The first-order valence-corrected chi connectivity index (χ1v) is 11.5. The summed E-state index contributed by atoms with van der Waals surface area (Å²) >= 11 is 0. The van der Waals surface area contributed by atoms with Crippen LogP contribution in [0.4, 0.5) is 4.39 Å². The average Bonchev–Trinajstić information content (AvgIpc) is 3.37. The Bertz CT molecular complexity index is 1150. The first-order chi connectivity index (χ1) is 14.4. The molecule has 1 aliphatic rings. The fourth-order valence-electron chi connectivity index (χ4n) is 3.71. The van der Waals surface area contributed by atoms with Crippen LogP contribution in [0.15, 0.2) is 59.6 Å². The van der Waals surface area contributed by atoms with Gasteiger partial charge in [0, 0.05) is 30.3 Å². The standard InChI is InChI=1S/C22H23FN2O4S/c23-17-9-7-16(8-10-17)15-30(27,28)21-13-25(20-6-2-1-5-19(20)21)14-22(26)24-12-18-4-3-11-29-18/h1-2,5-10,13,18H,3-4,11-12,14-15H2,(H,24,26). The molecule has 1 atom stereocenters. The van der Waals surface area contributed by atoms with E-state index in [1.807, 2.05) is 0 Å². The third-order valence-corrected chi connectivity index (χ3v) is 6.93. The second-order valence-electron chi connectivity index (χ2n) is 7.46. The number of nitrogens with zero attached hydrogens (tertiary/aromatic N) is 1. The number of para-hydroxylation sites is 1. The number of ether oxygens (including phenoxy) is 1. The fraction of sp³-hybridized carbons (Fsp3) is 0.318. The van der Waals surface area contributed by atoms with Crippen LogP contribution in [0.1, 0.15) is 18.4 Å². The number of sulfone groups is 1. The van der Waals surface area contributed by atoms with Crippen LogP contribution in [0.25, 0.3) is 10.9 Å². The molecule has 3 aromatic rings. The number of amides is 1. The van der Waals surface area contributed by atoms with Crippen LogP contribution in [0.5, 0.6) is 0 Å². The quantitative estimate of drug-likeness (QED) is 0.625. The Morgan fingerprint density at radius 2 is 1.93 bits per heavy atom. The molecule has 1 saturated heterocycles. The summed E-state index contributed by atoms with van der Waals surface area (Å²) in [6, 6.07) is 12.5. The zero-order valence-corrected chi connectivity index (χ0v) is 17.2. The molecule has 1 amide bonds. The van der Waals surface area contributed by atoms with Crippen molar-refractivity contribution in [2.24, 2.45) is 0 Å². The summed E-state index contributed by atoms with van der Waals surface area (Å²) < 4.78 is 46.5. The number of halogens is 1. The summed E-state index contributed by atoms with van der Waals surface area (Å²) in [5.74, 6) is -0.859. The second-order valence-corrected chi connectivity index (χ2v) is 9.42. The normalized spacial score (nSPS) is 16.8. The van der Waals surface area contributed by atoms with Crippen molar-refractivity contribution in [3.8, 4) is 0 Å². The van der Waals surface area contributed by atoms with Crippen molar-refractivity contribution in [3.63, 3.8) is 0 Å². The topological polar surface area (TPSA) is 77.4 Å². The number of nitrogens with one attached hydrogen (secondary N) is 1. The number of carbonyl (C=O) groups excluding carboxylic acids is 1. The van der Waals surface area contributed by atoms with E-state index in [-0.39, 0.29) is 29.2 Å². The highest BCUT2D eigenvalue weighted by Gasteiger charge is 2.23. The molecule has 1 unspecified atom stereocenters. The lowest BCUT2D eigenvalue weighted by atomic mass is 10.2. The highest BCUT2D eigenvalue weighted by atomic mass is 32.2. The van der Waals surface area contributed by atoms with E-state index in [9.17, 15) is 17.6 Å². The Balaban J connectivity index is 1.56. The summed E-state index contributed by atoms with van der Waals surface area (Å²) in [5.41, 5.74) is 1.17. The molecule has 0 radical (unpaired) electrons. The SMILES string of the molecule is O=C(Cn1cc(S(=O)(=O)Cc2ccc(F)cc2)c2ccccc21)NCC1CCCO1. The van der Waals surface area contributed by atoms with Crippen molar-refractivity contribution in [1.29, 1.82) is 0 Å². The van der Waals surface area contributed by atoms with Crippen LogP contribution in [-0.4, -0.2) is 38.1 Å². The van der Waals surface area contributed by atoms with Crippen molar-refractivity contribution in [3.05, 3.63) is 66.1 Å². The summed E-state index contributed by atoms with van der Waals surface area (Å²) in [7, 11) is -3.69. The van der Waals surface area contributed by atoms with Gasteiger partial charge in [-0.1, -0.05) is 30.3 Å². The molecule has 6 nitrogen and oxygen atoms in total. The number of carbonyl (C=O) groups is 1. The molecule has 30 heavy (non-hydrogen) atoms. The smallest absolute Gasteiger partial charge is 0.240 e. The number of aromatic nitrogens is 1. The highest BCUT2D eigenvalue weighted by molar-refractivity contribution is 7.90. The molecule has 1 fully saturated rings. The Hall–Kier alpha value is -2.71. The molecule has 4 rings (SSSR count). The van der Waals surface area contributed by atoms with E-state index in [4.69, 9.17) is 4.74 Å². The zero-order valence-electron chi connectivity index (χ0n) is 16.4. The third kappa shape index (κ3) is 4.55. The average molecular weight is 431 g/mol. The lowest BCUT2D eigenvalue weighted by Crippen LogP contribution is -2.34. The summed E-state index contributed by atoms with van der Waals surface area (Å²) in [4.78, 5) is 12.6. The Kier molecular flexibility index (Phi) is 5.87. The maximum atomic E-state index is 13.1. The lowest BCUT2D eigenvalue weighted by Gasteiger charge is -2.11. The van der Waals surface area contributed by atoms with Gasteiger partial charge in [0.25, 0.3) is 0 Å². The molecular formula is C22H23FN2O4S. The Labute approximate surface area is 174 Å². The summed E-state index contributed by atoms with van der Waals surface area (Å²) in [5, 5.41) is 3.42. The number of benzene rings is 2. The maximum Gasteiger partial charge on any atom is 0.240 e. The van der Waals surface area contributed by atoms with Gasteiger partial charge in [0.15, 0.2) is 9.84 Å². The van der Waals surface area contributed by atoms with Crippen LogP contribution in [-0.2, 0) is 31.7 Å². The van der Waals surface area contributed by atoms with E-state index in [0.717, 1.165) is 19.4 Å². The fourth-order valence-corrected chi connectivity index (χ4v) is 5.30. The van der Waals surface area contributed by atoms with Crippen LogP contribution in [0.2, 0.25) is 0 Å². The van der Waals surface area contributed by atoms with Gasteiger partial charge in [-0.15, -0.1) is 0 Å². The van der Waals surface area contributed by atoms with E-state index in [1.54, 1.807) is 28.8 Å². The minimum Gasteiger partial charge on any atom is -0.376 e. The van der Waals surface area contributed by atoms with Gasteiger partial charge in [0.1, 0.15) is 12.4 Å². The molecule has 1 N–H and O–H groups in total. The van der Waals surface area contributed by atoms with Crippen LogP contribution >= 0.6 is 0 Å². The van der Waals surface area contributed by atoms with Crippen LogP contribution in [0, 0.1) is 5.82 Å². The monoisotopic (exact) mass is 430 g/mol. The molecule has 2 heterocycles. The van der Waals surface area contributed by atoms with E-state index < -0.39 is 15.7 Å². The molecule has 2 aromatic carbocycles. The van der Waals surface area contributed by atoms with Gasteiger partial charge in [0.2, 0.25) is 5.91 Å². The number of hydrogen-bond donors (Lipinski definition) is 1. The predicted octanol–water partition coefficient (Wildman–Crippen LogP) is 3.05. The Morgan fingerprint density at radius 3 is 2.67 bits per heavy atom. The molecule has 0 bridgehead atoms. The minimum atomic E-state index is -3.69. The number of hydrogen-bond acceptors (Lipinski definition) is 4. The first-order valence-electron chi connectivity index (χ1n) is 9.86. The third-order valence-electron chi connectivity index (χ3n) is 5.22. The van der Waals surface area contributed by atoms with Crippen molar-refractivity contribution in [2.45, 2.75) is 36.1 Å².